The SMILES string of the molecule is [N-]=[N+]=NC[C@H]1O[C@](N)(OCc2ccccc2)[C@H](C(=O)OCc2ccccc2)[C@@H](O)[C@@H]1O. The Hall–Kier alpha value is -2.98. The average Bonchev–Trinajstić information content (AvgIpc) is 2.79. The fourth-order valence-corrected chi connectivity index (χ4v) is 3.31. The van der Waals surface area contributed by atoms with Crippen LogP contribution in [0.25, 0.3) is 10.4 Å². The van der Waals surface area contributed by atoms with E-state index in [1.54, 1.807) is 48.5 Å². The second-order valence-corrected chi connectivity index (χ2v) is 7.12. The lowest BCUT2D eigenvalue weighted by atomic mass is 9.88. The minimum absolute atomic E-state index is 0.0309. The molecule has 0 saturated carbocycles. The molecule has 164 valence electrons. The first-order valence-electron chi connectivity index (χ1n) is 9.66. The minimum atomic E-state index is -2.13. The van der Waals surface area contributed by atoms with Gasteiger partial charge in [0.25, 0.3) is 0 Å². The molecule has 31 heavy (non-hydrogen) atoms. The number of ether oxygens (including phenoxy) is 3. The molecule has 0 unspecified atom stereocenters. The Morgan fingerprint density at radius 3 is 2.23 bits per heavy atom. The molecule has 2 aromatic carbocycles. The summed E-state index contributed by atoms with van der Waals surface area (Å²) in [5.41, 5.74) is 16.3. The van der Waals surface area contributed by atoms with E-state index in [-0.39, 0.29) is 19.8 Å². The number of rotatable bonds is 8. The van der Waals surface area contributed by atoms with Gasteiger partial charge in [0.1, 0.15) is 18.8 Å². The van der Waals surface area contributed by atoms with E-state index in [4.69, 9.17) is 25.5 Å². The first kappa shape index (κ1) is 22.7. The fraction of sp³-hybridized carbons (Fsp3) is 0.381. The molecule has 10 nitrogen and oxygen atoms in total. The van der Waals surface area contributed by atoms with Gasteiger partial charge in [0.05, 0.1) is 19.3 Å². The summed E-state index contributed by atoms with van der Waals surface area (Å²) in [7, 11) is 0. The number of aliphatic hydroxyl groups excluding tert-OH is 2. The van der Waals surface area contributed by atoms with Crippen molar-refractivity contribution in [1.82, 2.24) is 0 Å². The summed E-state index contributed by atoms with van der Waals surface area (Å²) in [5, 5.41) is 24.5. The van der Waals surface area contributed by atoms with Crippen molar-refractivity contribution >= 4 is 5.97 Å². The molecule has 1 saturated heterocycles. The zero-order valence-corrected chi connectivity index (χ0v) is 16.7. The van der Waals surface area contributed by atoms with Gasteiger partial charge in [-0.3, -0.25) is 10.5 Å². The number of aliphatic hydroxyl groups is 2. The van der Waals surface area contributed by atoms with Gasteiger partial charge in [-0.05, 0) is 16.7 Å². The molecule has 5 atom stereocenters. The Morgan fingerprint density at radius 2 is 1.65 bits per heavy atom. The van der Waals surface area contributed by atoms with Gasteiger partial charge in [0.2, 0.25) is 5.91 Å². The van der Waals surface area contributed by atoms with Crippen LogP contribution in [0.5, 0.6) is 0 Å². The topological polar surface area (TPSA) is 160 Å². The van der Waals surface area contributed by atoms with Gasteiger partial charge in [-0.1, -0.05) is 65.8 Å². The number of benzene rings is 2. The van der Waals surface area contributed by atoms with Crippen LogP contribution in [-0.4, -0.2) is 47.0 Å². The first-order chi connectivity index (χ1) is 14.9. The lowest BCUT2D eigenvalue weighted by Crippen LogP contribution is -2.69. The molecule has 1 aliphatic rings. The van der Waals surface area contributed by atoms with Crippen molar-refractivity contribution in [2.24, 2.45) is 16.8 Å². The van der Waals surface area contributed by atoms with E-state index in [9.17, 15) is 15.0 Å². The van der Waals surface area contributed by atoms with Crippen molar-refractivity contribution < 1.29 is 29.2 Å². The molecule has 0 aromatic heterocycles. The maximum Gasteiger partial charge on any atom is 0.319 e. The van der Waals surface area contributed by atoms with Gasteiger partial charge in [-0.15, -0.1) is 0 Å². The zero-order valence-electron chi connectivity index (χ0n) is 16.7. The van der Waals surface area contributed by atoms with Crippen LogP contribution in [-0.2, 0) is 32.2 Å². The maximum atomic E-state index is 12.9. The van der Waals surface area contributed by atoms with E-state index in [0.29, 0.717) is 0 Å². The van der Waals surface area contributed by atoms with Gasteiger partial charge in [-0.2, -0.15) is 0 Å². The Morgan fingerprint density at radius 1 is 1.06 bits per heavy atom. The maximum absolute atomic E-state index is 12.9. The highest BCUT2D eigenvalue weighted by Gasteiger charge is 2.57. The van der Waals surface area contributed by atoms with E-state index in [0.717, 1.165) is 11.1 Å². The molecule has 10 heteroatoms. The summed E-state index contributed by atoms with van der Waals surface area (Å²) in [6.07, 6.45) is -4.39. The van der Waals surface area contributed by atoms with Crippen LogP contribution in [0, 0.1) is 5.92 Å². The van der Waals surface area contributed by atoms with Crippen LogP contribution in [0.2, 0.25) is 0 Å². The van der Waals surface area contributed by atoms with Crippen LogP contribution in [0.4, 0.5) is 0 Å². The second kappa shape index (κ2) is 10.4. The van der Waals surface area contributed by atoms with Gasteiger partial charge < -0.3 is 24.4 Å². The second-order valence-electron chi connectivity index (χ2n) is 7.12. The number of carbonyl (C=O) groups excluding carboxylic acids is 1. The average molecular weight is 428 g/mol. The van der Waals surface area contributed by atoms with Gasteiger partial charge in [-0.25, -0.2) is 0 Å². The molecule has 0 radical (unpaired) electrons. The summed E-state index contributed by atoms with van der Waals surface area (Å²) in [6.45, 7) is -0.402. The molecule has 0 aliphatic carbocycles. The third kappa shape index (κ3) is 5.59. The van der Waals surface area contributed by atoms with Crippen LogP contribution < -0.4 is 5.73 Å². The number of nitrogens with two attached hydrogens (primary N) is 1. The quantitative estimate of drug-likeness (QED) is 0.189. The predicted octanol–water partition coefficient (Wildman–Crippen LogP) is 1.61. The summed E-state index contributed by atoms with van der Waals surface area (Å²) in [6, 6.07) is 18.0. The largest absolute Gasteiger partial charge is 0.460 e. The highest BCUT2D eigenvalue weighted by molar-refractivity contribution is 5.74. The highest BCUT2D eigenvalue weighted by Crippen LogP contribution is 2.34. The van der Waals surface area contributed by atoms with Crippen molar-refractivity contribution in [3.8, 4) is 0 Å². The summed E-state index contributed by atoms with van der Waals surface area (Å²) in [4.78, 5) is 15.5. The predicted molar refractivity (Wildman–Crippen MR) is 109 cm³/mol. The summed E-state index contributed by atoms with van der Waals surface area (Å²) < 4.78 is 16.7. The lowest BCUT2D eigenvalue weighted by molar-refractivity contribution is -0.343. The Labute approximate surface area is 178 Å². The fourth-order valence-electron chi connectivity index (χ4n) is 3.31. The molecule has 4 N–H and O–H groups in total. The number of esters is 1. The normalized spacial score (nSPS) is 27.8. The third-order valence-corrected chi connectivity index (χ3v) is 4.95. The van der Waals surface area contributed by atoms with Crippen molar-refractivity contribution in [2.75, 3.05) is 6.54 Å². The highest BCUT2D eigenvalue weighted by atomic mass is 16.7. The lowest BCUT2D eigenvalue weighted by Gasteiger charge is -2.46. The molecule has 0 bridgehead atoms. The Kier molecular flexibility index (Phi) is 7.59. The zero-order chi connectivity index (χ0) is 22.3. The van der Waals surface area contributed by atoms with E-state index in [1.165, 1.54) is 0 Å². The molecular weight excluding hydrogens is 404 g/mol. The molecular formula is C21H24N4O6. The van der Waals surface area contributed by atoms with E-state index < -0.39 is 36.1 Å². The van der Waals surface area contributed by atoms with E-state index >= 15 is 0 Å². The van der Waals surface area contributed by atoms with Crippen molar-refractivity contribution in [3.05, 3.63) is 82.2 Å². The van der Waals surface area contributed by atoms with Gasteiger partial charge in [0.15, 0.2) is 5.92 Å². The Bertz CT molecular complexity index is 909. The van der Waals surface area contributed by atoms with Crippen molar-refractivity contribution in [2.45, 2.75) is 37.4 Å². The standard InChI is InChI=1S/C21H24N4O6/c22-21(30-13-15-9-5-2-6-10-15)17(19(27)18(26)16(31-21)11-24-25-23)20(28)29-12-14-7-3-1-4-8-14/h1-10,16-19,26-27H,11-13,22H2/t16-,17+,18-,19-,21-/m1/s1. The number of carbonyl (C=O) groups is 1. The molecule has 2 aromatic rings. The Balaban J connectivity index is 1.80. The molecule has 1 fully saturated rings. The van der Waals surface area contributed by atoms with E-state index in [1.807, 2.05) is 12.1 Å². The number of nitrogens with zero attached hydrogens (tertiary/aromatic N) is 3. The molecule has 0 spiro atoms. The molecule has 1 heterocycles. The third-order valence-electron chi connectivity index (χ3n) is 4.95. The van der Waals surface area contributed by atoms with Gasteiger partial charge >= 0.3 is 5.97 Å². The van der Waals surface area contributed by atoms with Crippen LogP contribution in [0.15, 0.2) is 65.8 Å². The van der Waals surface area contributed by atoms with Crippen molar-refractivity contribution in [3.63, 3.8) is 0 Å². The van der Waals surface area contributed by atoms with Crippen molar-refractivity contribution in [1.29, 1.82) is 0 Å². The molecule has 0 amide bonds. The number of hydrogen-bond acceptors (Lipinski definition) is 8. The molecule has 3 rings (SSSR count). The smallest absolute Gasteiger partial charge is 0.319 e. The monoisotopic (exact) mass is 428 g/mol. The van der Waals surface area contributed by atoms with Gasteiger partial charge in [0, 0.05) is 4.91 Å². The van der Waals surface area contributed by atoms with Crippen LogP contribution in [0.3, 0.4) is 0 Å². The number of azide groups is 1. The van der Waals surface area contributed by atoms with Crippen LogP contribution >= 0.6 is 0 Å². The van der Waals surface area contributed by atoms with E-state index in [2.05, 4.69) is 10.0 Å². The number of hydrogen-bond donors (Lipinski definition) is 3. The minimum Gasteiger partial charge on any atom is -0.460 e. The van der Waals surface area contributed by atoms with Crippen LogP contribution in [0.1, 0.15) is 11.1 Å². The summed E-state index contributed by atoms with van der Waals surface area (Å²) >= 11 is 0. The summed E-state index contributed by atoms with van der Waals surface area (Å²) in [5.74, 6) is -4.57. The first-order valence-corrected chi connectivity index (χ1v) is 9.66. The molecule has 1 aliphatic heterocycles.